The largest absolute Gasteiger partial charge is 0.355 e. The zero-order valence-corrected chi connectivity index (χ0v) is 9.75. The van der Waals surface area contributed by atoms with Gasteiger partial charge in [-0.1, -0.05) is 20.8 Å². The number of carbonyl (C=O) groups is 1. The molecule has 0 heterocycles. The second-order valence-corrected chi connectivity index (χ2v) is 4.72. The van der Waals surface area contributed by atoms with Crippen LogP contribution in [0.4, 0.5) is 0 Å². The van der Waals surface area contributed by atoms with Gasteiger partial charge in [-0.2, -0.15) is 11.8 Å². The lowest BCUT2D eigenvalue weighted by Crippen LogP contribution is -2.24. The van der Waals surface area contributed by atoms with Gasteiger partial charge >= 0.3 is 0 Å². The number of hydrogen-bond acceptors (Lipinski definition) is 2. The van der Waals surface area contributed by atoms with Gasteiger partial charge in [0.25, 0.3) is 0 Å². The molecule has 0 rings (SSSR count). The molecule has 0 spiro atoms. The van der Waals surface area contributed by atoms with Crippen molar-refractivity contribution >= 4 is 17.7 Å². The fourth-order valence-corrected chi connectivity index (χ4v) is 1.90. The SMILES string of the molecule is CCC(=O)NCCSCCC(C)C. The van der Waals surface area contributed by atoms with Gasteiger partial charge in [-0.3, -0.25) is 4.79 Å². The summed E-state index contributed by atoms with van der Waals surface area (Å²) in [6, 6.07) is 0. The average molecular weight is 203 g/mol. The quantitative estimate of drug-likeness (QED) is 0.643. The van der Waals surface area contributed by atoms with Gasteiger partial charge in [-0.05, 0) is 18.1 Å². The molecule has 0 aromatic rings. The summed E-state index contributed by atoms with van der Waals surface area (Å²) in [7, 11) is 0. The molecule has 0 aromatic carbocycles. The molecular weight excluding hydrogens is 182 g/mol. The number of amides is 1. The maximum atomic E-state index is 10.8. The zero-order chi connectivity index (χ0) is 10.1. The lowest BCUT2D eigenvalue weighted by atomic mass is 10.2. The summed E-state index contributed by atoms with van der Waals surface area (Å²) >= 11 is 1.92. The van der Waals surface area contributed by atoms with E-state index in [0.29, 0.717) is 6.42 Å². The Hall–Kier alpha value is -0.180. The summed E-state index contributed by atoms with van der Waals surface area (Å²) in [5.74, 6) is 3.19. The highest BCUT2D eigenvalue weighted by molar-refractivity contribution is 7.99. The molecule has 1 N–H and O–H groups in total. The van der Waals surface area contributed by atoms with Crippen LogP contribution in [0.3, 0.4) is 0 Å². The van der Waals surface area contributed by atoms with Crippen molar-refractivity contribution < 1.29 is 4.79 Å². The topological polar surface area (TPSA) is 29.1 Å². The molecule has 0 saturated heterocycles. The highest BCUT2D eigenvalue weighted by Crippen LogP contribution is 2.07. The molecule has 0 aliphatic rings. The van der Waals surface area contributed by atoms with Crippen molar-refractivity contribution in [2.45, 2.75) is 33.6 Å². The van der Waals surface area contributed by atoms with Gasteiger partial charge in [-0.15, -0.1) is 0 Å². The van der Waals surface area contributed by atoms with Crippen molar-refractivity contribution in [3.05, 3.63) is 0 Å². The normalized spacial score (nSPS) is 10.5. The molecule has 0 saturated carbocycles. The summed E-state index contributed by atoms with van der Waals surface area (Å²) in [4.78, 5) is 10.8. The molecular formula is C10H21NOS. The Balaban J connectivity index is 3.04. The van der Waals surface area contributed by atoms with Crippen LogP contribution in [-0.2, 0) is 4.79 Å². The van der Waals surface area contributed by atoms with E-state index in [4.69, 9.17) is 0 Å². The first-order chi connectivity index (χ1) is 6.16. The van der Waals surface area contributed by atoms with Gasteiger partial charge < -0.3 is 5.32 Å². The number of nitrogens with one attached hydrogen (secondary N) is 1. The smallest absolute Gasteiger partial charge is 0.219 e. The van der Waals surface area contributed by atoms with Gasteiger partial charge in [0, 0.05) is 18.7 Å². The van der Waals surface area contributed by atoms with Crippen LogP contribution in [0.1, 0.15) is 33.6 Å². The Morgan fingerprint density at radius 3 is 2.62 bits per heavy atom. The standard InChI is InChI=1S/C10H21NOS/c1-4-10(12)11-6-8-13-7-5-9(2)3/h9H,4-8H2,1-3H3,(H,11,12). The Morgan fingerprint density at radius 1 is 1.38 bits per heavy atom. The van der Waals surface area contributed by atoms with Crippen LogP contribution in [-0.4, -0.2) is 24.0 Å². The predicted octanol–water partition coefficient (Wildman–Crippen LogP) is 2.29. The molecule has 13 heavy (non-hydrogen) atoms. The molecule has 0 atom stereocenters. The third kappa shape index (κ3) is 9.74. The molecule has 0 radical (unpaired) electrons. The van der Waals surface area contributed by atoms with Crippen molar-refractivity contribution in [2.75, 3.05) is 18.1 Å². The summed E-state index contributed by atoms with van der Waals surface area (Å²) in [5, 5.41) is 2.86. The second kappa shape index (κ2) is 8.42. The fourth-order valence-electron chi connectivity index (χ4n) is 0.809. The molecule has 0 bridgehead atoms. The lowest BCUT2D eigenvalue weighted by molar-refractivity contribution is -0.120. The molecule has 0 aliphatic heterocycles. The van der Waals surface area contributed by atoms with E-state index in [9.17, 15) is 4.79 Å². The third-order valence-electron chi connectivity index (χ3n) is 1.73. The van der Waals surface area contributed by atoms with E-state index in [0.717, 1.165) is 18.2 Å². The van der Waals surface area contributed by atoms with Crippen molar-refractivity contribution in [1.29, 1.82) is 0 Å². The first-order valence-corrected chi connectivity index (χ1v) is 6.16. The molecule has 78 valence electrons. The van der Waals surface area contributed by atoms with Crippen LogP contribution in [0.2, 0.25) is 0 Å². The minimum atomic E-state index is 0.157. The first-order valence-electron chi connectivity index (χ1n) is 5.01. The maximum Gasteiger partial charge on any atom is 0.219 e. The Morgan fingerprint density at radius 2 is 2.08 bits per heavy atom. The van der Waals surface area contributed by atoms with Gasteiger partial charge in [0.05, 0.1) is 0 Å². The van der Waals surface area contributed by atoms with E-state index >= 15 is 0 Å². The number of hydrogen-bond donors (Lipinski definition) is 1. The van der Waals surface area contributed by atoms with E-state index < -0.39 is 0 Å². The number of carbonyl (C=O) groups excluding carboxylic acids is 1. The van der Waals surface area contributed by atoms with Crippen molar-refractivity contribution in [3.8, 4) is 0 Å². The van der Waals surface area contributed by atoms with Crippen molar-refractivity contribution in [2.24, 2.45) is 5.92 Å². The Bertz CT molecular complexity index is 137. The van der Waals surface area contributed by atoms with Crippen molar-refractivity contribution in [1.82, 2.24) is 5.32 Å². The van der Waals surface area contributed by atoms with Gasteiger partial charge in [0.2, 0.25) is 5.91 Å². The maximum absolute atomic E-state index is 10.8. The molecule has 2 nitrogen and oxygen atoms in total. The molecule has 3 heteroatoms. The van der Waals surface area contributed by atoms with E-state index in [1.54, 1.807) is 0 Å². The van der Waals surface area contributed by atoms with E-state index in [1.165, 1.54) is 12.2 Å². The second-order valence-electron chi connectivity index (χ2n) is 3.50. The number of rotatable bonds is 7. The fraction of sp³-hybridized carbons (Fsp3) is 0.900. The monoisotopic (exact) mass is 203 g/mol. The van der Waals surface area contributed by atoms with E-state index in [2.05, 4.69) is 19.2 Å². The van der Waals surface area contributed by atoms with Gasteiger partial charge in [0.15, 0.2) is 0 Å². The number of thioether (sulfide) groups is 1. The molecule has 0 aromatic heterocycles. The molecule has 0 aliphatic carbocycles. The minimum absolute atomic E-state index is 0.157. The first kappa shape index (κ1) is 12.8. The molecule has 1 amide bonds. The molecule has 0 fully saturated rings. The summed E-state index contributed by atoms with van der Waals surface area (Å²) < 4.78 is 0. The van der Waals surface area contributed by atoms with E-state index in [-0.39, 0.29) is 5.91 Å². The minimum Gasteiger partial charge on any atom is -0.355 e. The van der Waals surface area contributed by atoms with Crippen LogP contribution in [0, 0.1) is 5.92 Å². The summed E-state index contributed by atoms with van der Waals surface area (Å²) in [6.07, 6.45) is 1.86. The Labute approximate surface area is 85.9 Å². The van der Waals surface area contributed by atoms with Crippen molar-refractivity contribution in [3.63, 3.8) is 0 Å². The van der Waals surface area contributed by atoms with Crippen LogP contribution in [0.15, 0.2) is 0 Å². The highest BCUT2D eigenvalue weighted by Gasteiger charge is 1.96. The van der Waals surface area contributed by atoms with Crippen LogP contribution < -0.4 is 5.32 Å². The lowest BCUT2D eigenvalue weighted by Gasteiger charge is -2.05. The third-order valence-corrected chi connectivity index (χ3v) is 2.75. The predicted molar refractivity (Wildman–Crippen MR) is 60.1 cm³/mol. The average Bonchev–Trinajstić information content (AvgIpc) is 2.10. The van der Waals surface area contributed by atoms with Crippen LogP contribution in [0.25, 0.3) is 0 Å². The van der Waals surface area contributed by atoms with E-state index in [1.807, 2.05) is 18.7 Å². The zero-order valence-electron chi connectivity index (χ0n) is 8.93. The molecule has 0 unspecified atom stereocenters. The summed E-state index contributed by atoms with van der Waals surface area (Å²) in [6.45, 7) is 7.16. The van der Waals surface area contributed by atoms with Crippen LogP contribution in [0.5, 0.6) is 0 Å². The van der Waals surface area contributed by atoms with Crippen LogP contribution >= 0.6 is 11.8 Å². The van der Waals surface area contributed by atoms with Gasteiger partial charge in [-0.25, -0.2) is 0 Å². The summed E-state index contributed by atoms with van der Waals surface area (Å²) in [5.41, 5.74) is 0. The highest BCUT2D eigenvalue weighted by atomic mass is 32.2. The Kier molecular flexibility index (Phi) is 8.30. The van der Waals surface area contributed by atoms with Gasteiger partial charge in [0.1, 0.15) is 0 Å².